The molecule has 1 aromatic carbocycles. The second kappa shape index (κ2) is 7.57. The maximum atomic E-state index is 14.9. The van der Waals surface area contributed by atoms with Crippen molar-refractivity contribution in [2.75, 3.05) is 31.1 Å². The topological polar surface area (TPSA) is 101 Å². The first kappa shape index (κ1) is 19.5. The number of fused-ring (bicyclic) bond motifs is 1. The summed E-state index contributed by atoms with van der Waals surface area (Å²) in [5, 5.41) is 12.5. The van der Waals surface area contributed by atoms with Gasteiger partial charge in [-0.2, -0.15) is 0 Å². The van der Waals surface area contributed by atoms with E-state index in [2.05, 4.69) is 10.1 Å². The third kappa shape index (κ3) is 3.75. The highest BCUT2D eigenvalue weighted by Crippen LogP contribution is 2.38. The number of nitrogens with one attached hydrogen (secondary N) is 1. The van der Waals surface area contributed by atoms with Gasteiger partial charge >= 0.3 is 11.9 Å². The molecular weight excluding hydrogens is 381 g/mol. The highest BCUT2D eigenvalue weighted by molar-refractivity contribution is 6.00. The van der Waals surface area contributed by atoms with Gasteiger partial charge in [0, 0.05) is 43.8 Å². The molecule has 1 aromatic heterocycles. The number of aliphatic hydroxyl groups excluding tert-OH is 1. The van der Waals surface area contributed by atoms with E-state index < -0.39 is 29.3 Å². The molecule has 0 spiro atoms. The van der Waals surface area contributed by atoms with Crippen LogP contribution in [0.3, 0.4) is 0 Å². The number of aromatic nitrogens is 1. The van der Waals surface area contributed by atoms with Gasteiger partial charge in [0.2, 0.25) is 5.43 Å². The Morgan fingerprint density at radius 3 is 2.59 bits per heavy atom. The summed E-state index contributed by atoms with van der Waals surface area (Å²) in [6.07, 6.45) is 1.63. The smallest absolute Gasteiger partial charge is 0.351 e. The quantitative estimate of drug-likeness (QED) is 0.579. The lowest BCUT2D eigenvalue weighted by Gasteiger charge is -2.30. The van der Waals surface area contributed by atoms with Crippen LogP contribution in [0.5, 0.6) is 0 Å². The normalized spacial score (nSPS) is 18.0. The molecule has 9 heteroatoms. The number of nitrogens with zero attached hydrogens (tertiary/aromatic N) is 2. The SMILES string of the molecule is C[C@@H](O)C(=O)OC(=O)c1cn(C2CC2)c2cc(N3CCNCC3)c(F)cc2c1=O. The number of benzene rings is 1. The minimum Gasteiger partial charge on any atom is -0.387 e. The summed E-state index contributed by atoms with van der Waals surface area (Å²) in [4.78, 5) is 38.7. The van der Waals surface area contributed by atoms with Crippen molar-refractivity contribution in [3.8, 4) is 0 Å². The molecule has 1 aliphatic carbocycles. The van der Waals surface area contributed by atoms with Crippen LogP contribution in [0.4, 0.5) is 10.1 Å². The largest absolute Gasteiger partial charge is 0.387 e. The van der Waals surface area contributed by atoms with Crippen LogP contribution in [0.15, 0.2) is 23.1 Å². The summed E-state index contributed by atoms with van der Waals surface area (Å²) in [6.45, 7) is 3.96. The first-order chi connectivity index (χ1) is 13.9. The van der Waals surface area contributed by atoms with E-state index in [-0.39, 0.29) is 17.0 Å². The van der Waals surface area contributed by atoms with E-state index in [1.165, 1.54) is 6.20 Å². The molecule has 154 valence electrons. The Labute approximate surface area is 165 Å². The number of rotatable bonds is 4. The van der Waals surface area contributed by atoms with Crippen LogP contribution in [0, 0.1) is 5.82 Å². The fraction of sp³-hybridized carbons (Fsp3) is 0.450. The molecule has 29 heavy (non-hydrogen) atoms. The Morgan fingerprint density at radius 1 is 1.28 bits per heavy atom. The molecule has 0 bridgehead atoms. The van der Waals surface area contributed by atoms with Crippen LogP contribution < -0.4 is 15.6 Å². The number of ether oxygens (including phenoxy) is 1. The van der Waals surface area contributed by atoms with Crippen molar-refractivity contribution in [1.82, 2.24) is 9.88 Å². The van der Waals surface area contributed by atoms with Gasteiger partial charge in [0.25, 0.3) is 0 Å². The van der Waals surface area contributed by atoms with Crippen molar-refractivity contribution in [1.29, 1.82) is 0 Å². The third-order valence-corrected chi connectivity index (χ3v) is 5.25. The number of piperazine rings is 1. The molecule has 4 rings (SSSR count). The van der Waals surface area contributed by atoms with Crippen molar-refractivity contribution in [3.63, 3.8) is 0 Å². The van der Waals surface area contributed by atoms with Gasteiger partial charge in [0.1, 0.15) is 17.5 Å². The van der Waals surface area contributed by atoms with E-state index >= 15 is 0 Å². The molecule has 0 amide bonds. The number of aliphatic hydroxyl groups is 1. The Bertz CT molecular complexity index is 1040. The van der Waals surface area contributed by atoms with Crippen LogP contribution in [0.1, 0.15) is 36.2 Å². The number of carbonyl (C=O) groups excluding carboxylic acids is 2. The van der Waals surface area contributed by atoms with Crippen LogP contribution in [-0.4, -0.2) is 53.9 Å². The Kier molecular flexibility index (Phi) is 5.10. The zero-order chi connectivity index (χ0) is 20.7. The summed E-state index contributed by atoms with van der Waals surface area (Å²) in [6, 6.07) is 2.91. The minimum atomic E-state index is -1.50. The number of anilines is 1. The monoisotopic (exact) mass is 403 g/mol. The highest BCUT2D eigenvalue weighted by atomic mass is 19.1. The molecule has 0 radical (unpaired) electrons. The number of carbonyl (C=O) groups is 2. The van der Waals surface area contributed by atoms with Gasteiger partial charge in [-0.05, 0) is 31.9 Å². The predicted molar refractivity (Wildman–Crippen MR) is 104 cm³/mol. The molecule has 8 nitrogen and oxygen atoms in total. The lowest BCUT2D eigenvalue weighted by molar-refractivity contribution is -0.146. The number of hydrogen-bond acceptors (Lipinski definition) is 7. The predicted octanol–water partition coefficient (Wildman–Crippen LogP) is 0.949. The second-order valence-corrected chi connectivity index (χ2v) is 7.45. The molecule has 2 N–H and O–H groups in total. The maximum Gasteiger partial charge on any atom is 0.351 e. The Hall–Kier alpha value is -2.78. The van der Waals surface area contributed by atoms with Crippen molar-refractivity contribution >= 4 is 28.5 Å². The van der Waals surface area contributed by atoms with E-state index in [9.17, 15) is 23.9 Å². The molecular formula is C20H22FN3O5. The zero-order valence-corrected chi connectivity index (χ0v) is 16.0. The molecule has 2 aliphatic rings. The summed E-state index contributed by atoms with van der Waals surface area (Å²) in [5.41, 5.74) is -0.0861. The number of hydrogen-bond donors (Lipinski definition) is 2. The van der Waals surface area contributed by atoms with Crippen molar-refractivity contribution in [3.05, 3.63) is 39.9 Å². The van der Waals surface area contributed by atoms with Gasteiger partial charge in [-0.15, -0.1) is 0 Å². The minimum absolute atomic E-state index is 0.0623. The van der Waals surface area contributed by atoms with Crippen molar-refractivity contribution in [2.24, 2.45) is 0 Å². The Balaban J connectivity index is 1.82. The van der Waals surface area contributed by atoms with Crippen molar-refractivity contribution in [2.45, 2.75) is 31.9 Å². The zero-order valence-electron chi connectivity index (χ0n) is 16.0. The van der Waals surface area contributed by atoms with E-state index in [0.29, 0.717) is 24.3 Å². The Morgan fingerprint density at radius 2 is 1.97 bits per heavy atom. The van der Waals surface area contributed by atoms with E-state index in [0.717, 1.165) is 38.9 Å². The molecule has 1 atom stereocenters. The average Bonchev–Trinajstić information content (AvgIpc) is 3.54. The summed E-state index contributed by atoms with van der Waals surface area (Å²) >= 11 is 0. The molecule has 0 unspecified atom stereocenters. The van der Waals surface area contributed by atoms with Crippen molar-refractivity contribution < 1.29 is 23.8 Å². The van der Waals surface area contributed by atoms with E-state index in [1.807, 2.05) is 4.90 Å². The van der Waals surface area contributed by atoms with Gasteiger partial charge in [-0.3, -0.25) is 4.79 Å². The summed E-state index contributed by atoms with van der Waals surface area (Å²) in [7, 11) is 0. The van der Waals surface area contributed by atoms with Gasteiger partial charge in [-0.1, -0.05) is 0 Å². The fourth-order valence-corrected chi connectivity index (χ4v) is 3.54. The standard InChI is InChI=1S/C20H22FN3O5/c1-11(25)19(27)29-20(28)14-10-24(12-2-3-12)16-9-17(23-6-4-22-5-7-23)15(21)8-13(16)18(14)26/h8-12,22,25H,2-7H2,1H3/t11-/m1/s1. The molecule has 1 aliphatic heterocycles. The van der Waals surface area contributed by atoms with Gasteiger partial charge in [0.15, 0.2) is 0 Å². The molecule has 1 saturated heterocycles. The summed E-state index contributed by atoms with van der Waals surface area (Å²) in [5.74, 6) is -2.83. The lowest BCUT2D eigenvalue weighted by atomic mass is 10.1. The van der Waals surface area contributed by atoms with Crippen LogP contribution >= 0.6 is 0 Å². The number of halogens is 1. The number of pyridine rings is 1. The van der Waals surface area contributed by atoms with E-state index in [4.69, 9.17) is 0 Å². The van der Waals surface area contributed by atoms with E-state index in [1.54, 1.807) is 10.6 Å². The molecule has 2 fully saturated rings. The van der Waals surface area contributed by atoms with Crippen LogP contribution in [-0.2, 0) is 9.53 Å². The molecule has 1 saturated carbocycles. The lowest BCUT2D eigenvalue weighted by Crippen LogP contribution is -2.43. The summed E-state index contributed by atoms with van der Waals surface area (Å²) < 4.78 is 21.2. The van der Waals surface area contributed by atoms with Gasteiger partial charge in [-0.25, -0.2) is 14.0 Å². The molecule has 2 aromatic rings. The van der Waals surface area contributed by atoms with Gasteiger partial charge in [0.05, 0.1) is 11.2 Å². The fourth-order valence-electron chi connectivity index (χ4n) is 3.54. The first-order valence-corrected chi connectivity index (χ1v) is 9.65. The van der Waals surface area contributed by atoms with Gasteiger partial charge < -0.3 is 24.6 Å². The van der Waals surface area contributed by atoms with Crippen LogP contribution in [0.2, 0.25) is 0 Å². The number of esters is 2. The first-order valence-electron chi connectivity index (χ1n) is 9.65. The second-order valence-electron chi connectivity index (χ2n) is 7.45. The average molecular weight is 403 g/mol. The van der Waals surface area contributed by atoms with Crippen LogP contribution in [0.25, 0.3) is 10.9 Å². The maximum absolute atomic E-state index is 14.9. The highest BCUT2D eigenvalue weighted by Gasteiger charge is 2.29. The third-order valence-electron chi connectivity index (χ3n) is 5.25. The molecule has 2 heterocycles.